The number of carbonyl (C=O) groups is 1. The molecular weight excluding hydrogens is 366 g/mol. The first-order valence-electron chi connectivity index (χ1n) is 9.87. The van der Waals surface area contributed by atoms with Crippen molar-refractivity contribution in [1.82, 2.24) is 0 Å². The number of aliphatic hydroxyl groups is 1. The van der Waals surface area contributed by atoms with Crippen LogP contribution in [0, 0.1) is 25.7 Å². The van der Waals surface area contributed by atoms with Crippen LogP contribution in [0.4, 0.5) is 0 Å². The highest BCUT2D eigenvalue weighted by Crippen LogP contribution is 2.43. The number of hydrogen-bond acceptors (Lipinski definition) is 3. The fourth-order valence-corrected chi connectivity index (χ4v) is 4.88. The van der Waals surface area contributed by atoms with Crippen molar-refractivity contribution in [3.05, 3.63) is 56.3 Å². The van der Waals surface area contributed by atoms with Crippen molar-refractivity contribution in [2.45, 2.75) is 71.8 Å². The third-order valence-corrected chi connectivity index (χ3v) is 7.21. The Morgan fingerprint density at radius 1 is 1.11 bits per heavy atom. The van der Waals surface area contributed by atoms with E-state index in [2.05, 4.69) is 50.8 Å². The minimum Gasteiger partial charge on any atom is -0.378 e. The molecule has 150 valence electrons. The zero-order chi connectivity index (χ0) is 21.1. The molecule has 1 heterocycles. The van der Waals surface area contributed by atoms with Crippen LogP contribution in [0.15, 0.2) is 24.3 Å². The molecular formula is C24H31NO2S. The maximum atomic E-state index is 11.7. The number of carbonyl (C=O) groups excluding carboxylic acids is 1. The molecule has 1 unspecified atom stereocenters. The Balaban J connectivity index is 2.54. The summed E-state index contributed by atoms with van der Waals surface area (Å²) in [6.07, 6.45) is 2.44. The van der Waals surface area contributed by atoms with E-state index in [0.717, 1.165) is 29.5 Å². The molecule has 2 rings (SSSR count). The van der Waals surface area contributed by atoms with Crippen molar-refractivity contribution in [3.8, 4) is 11.8 Å². The summed E-state index contributed by atoms with van der Waals surface area (Å²) >= 11 is 1.51. The van der Waals surface area contributed by atoms with Gasteiger partial charge in [-0.3, -0.25) is 4.79 Å². The second-order valence-corrected chi connectivity index (χ2v) is 8.74. The van der Waals surface area contributed by atoms with Gasteiger partial charge >= 0.3 is 0 Å². The number of amides is 1. The molecule has 0 fully saturated rings. The van der Waals surface area contributed by atoms with Crippen molar-refractivity contribution in [1.29, 1.82) is 0 Å². The van der Waals surface area contributed by atoms with Crippen LogP contribution < -0.4 is 5.73 Å². The molecule has 0 saturated carbocycles. The third kappa shape index (κ3) is 4.32. The minimum absolute atomic E-state index is 0.158. The molecule has 4 heteroatoms. The molecule has 0 aliphatic rings. The summed E-state index contributed by atoms with van der Waals surface area (Å²) in [4.78, 5) is 13.6. The molecule has 28 heavy (non-hydrogen) atoms. The van der Waals surface area contributed by atoms with E-state index < -0.39 is 5.60 Å². The lowest BCUT2D eigenvalue weighted by atomic mass is 9.74. The van der Waals surface area contributed by atoms with Gasteiger partial charge in [-0.15, -0.1) is 11.3 Å². The normalized spacial score (nSPS) is 13.5. The quantitative estimate of drug-likeness (QED) is 0.668. The summed E-state index contributed by atoms with van der Waals surface area (Å²) in [6.45, 7) is 12.0. The van der Waals surface area contributed by atoms with Crippen LogP contribution in [0.3, 0.4) is 0 Å². The predicted octanol–water partition coefficient (Wildman–Crippen LogP) is 5.08. The minimum atomic E-state index is -0.971. The van der Waals surface area contributed by atoms with Gasteiger partial charge in [0, 0.05) is 15.9 Å². The SMILES string of the molecule is CCC(C)(O)C#Cc1ccc(C(CC)(CC)c2cc(C)c(C(N)=O)s2)cc1C. The lowest BCUT2D eigenvalue weighted by Gasteiger charge is -2.32. The Labute approximate surface area is 173 Å². The van der Waals surface area contributed by atoms with Crippen LogP contribution in [-0.2, 0) is 5.41 Å². The molecule has 1 aromatic carbocycles. The second-order valence-electron chi connectivity index (χ2n) is 7.68. The van der Waals surface area contributed by atoms with Crippen LogP contribution in [0.25, 0.3) is 0 Å². The standard InChI is InChI=1S/C24H31NO2S/c1-7-23(6,27)13-12-18-10-11-19(14-16(18)4)24(8-2,9-3)20-15-17(5)21(28-20)22(25)26/h10-11,14-15,27H,7-9H2,1-6H3,(H2,25,26). The number of nitrogens with two attached hydrogens (primary N) is 1. The molecule has 0 saturated heterocycles. The fourth-order valence-electron chi connectivity index (χ4n) is 3.50. The summed E-state index contributed by atoms with van der Waals surface area (Å²) in [6, 6.07) is 8.47. The number of benzene rings is 1. The van der Waals surface area contributed by atoms with Gasteiger partial charge < -0.3 is 10.8 Å². The third-order valence-electron chi connectivity index (χ3n) is 5.75. The van der Waals surface area contributed by atoms with Gasteiger partial charge in [-0.2, -0.15) is 0 Å². The average molecular weight is 398 g/mol. The van der Waals surface area contributed by atoms with Gasteiger partial charge in [0.1, 0.15) is 5.60 Å². The monoisotopic (exact) mass is 397 g/mol. The average Bonchev–Trinajstić information content (AvgIpc) is 3.05. The summed E-state index contributed by atoms with van der Waals surface area (Å²) in [5, 5.41) is 10.1. The van der Waals surface area contributed by atoms with Crippen LogP contribution in [0.5, 0.6) is 0 Å². The molecule has 0 aliphatic heterocycles. The molecule has 1 amide bonds. The first-order chi connectivity index (χ1) is 13.1. The molecule has 0 bridgehead atoms. The largest absolute Gasteiger partial charge is 0.378 e. The number of thiophene rings is 1. The van der Waals surface area contributed by atoms with Crippen molar-refractivity contribution >= 4 is 17.2 Å². The van der Waals surface area contributed by atoms with Crippen molar-refractivity contribution in [2.75, 3.05) is 0 Å². The second kappa shape index (κ2) is 8.51. The number of primary amides is 1. The van der Waals surface area contributed by atoms with E-state index in [-0.39, 0.29) is 11.3 Å². The maximum Gasteiger partial charge on any atom is 0.259 e. The van der Waals surface area contributed by atoms with Gasteiger partial charge in [0.15, 0.2) is 0 Å². The van der Waals surface area contributed by atoms with E-state index in [4.69, 9.17) is 5.73 Å². The summed E-state index contributed by atoms with van der Waals surface area (Å²) < 4.78 is 0. The number of rotatable bonds is 6. The highest BCUT2D eigenvalue weighted by Gasteiger charge is 2.33. The Morgan fingerprint density at radius 3 is 2.21 bits per heavy atom. The highest BCUT2D eigenvalue weighted by molar-refractivity contribution is 7.14. The van der Waals surface area contributed by atoms with E-state index >= 15 is 0 Å². The van der Waals surface area contributed by atoms with Crippen LogP contribution in [0.1, 0.15) is 83.8 Å². The van der Waals surface area contributed by atoms with Gasteiger partial charge in [0.05, 0.1) is 4.88 Å². The topological polar surface area (TPSA) is 63.3 Å². The van der Waals surface area contributed by atoms with E-state index in [1.54, 1.807) is 6.92 Å². The van der Waals surface area contributed by atoms with Gasteiger partial charge in [-0.25, -0.2) is 0 Å². The van der Waals surface area contributed by atoms with E-state index in [1.165, 1.54) is 21.8 Å². The van der Waals surface area contributed by atoms with Gasteiger partial charge in [-0.1, -0.05) is 44.7 Å². The summed E-state index contributed by atoms with van der Waals surface area (Å²) in [5.41, 5.74) is 8.61. The fraction of sp³-hybridized carbons (Fsp3) is 0.458. The Hall–Kier alpha value is -2.09. The maximum absolute atomic E-state index is 11.7. The zero-order valence-corrected chi connectivity index (χ0v) is 18.6. The lowest BCUT2D eigenvalue weighted by molar-refractivity contribution is 0.100. The molecule has 3 nitrogen and oxygen atoms in total. The van der Waals surface area contributed by atoms with Crippen molar-refractivity contribution < 1.29 is 9.90 Å². The first kappa shape index (κ1) is 22.2. The van der Waals surface area contributed by atoms with Crippen molar-refractivity contribution in [3.63, 3.8) is 0 Å². The van der Waals surface area contributed by atoms with Gasteiger partial charge in [0.25, 0.3) is 5.91 Å². The molecule has 3 N–H and O–H groups in total. The Morgan fingerprint density at radius 2 is 1.75 bits per heavy atom. The van der Waals surface area contributed by atoms with Crippen LogP contribution in [0.2, 0.25) is 0 Å². The molecule has 0 aliphatic carbocycles. The Kier molecular flexibility index (Phi) is 6.75. The summed E-state index contributed by atoms with van der Waals surface area (Å²) in [5.74, 6) is 5.73. The lowest BCUT2D eigenvalue weighted by Crippen LogP contribution is -2.25. The predicted molar refractivity (Wildman–Crippen MR) is 118 cm³/mol. The molecule has 2 aromatic rings. The van der Waals surface area contributed by atoms with Crippen LogP contribution in [-0.4, -0.2) is 16.6 Å². The zero-order valence-electron chi connectivity index (χ0n) is 17.8. The smallest absolute Gasteiger partial charge is 0.259 e. The molecule has 0 spiro atoms. The molecule has 1 aromatic heterocycles. The molecule has 0 radical (unpaired) electrons. The van der Waals surface area contributed by atoms with E-state index in [1.807, 2.05) is 19.9 Å². The first-order valence-corrected chi connectivity index (χ1v) is 10.7. The number of hydrogen-bond donors (Lipinski definition) is 2. The Bertz CT molecular complexity index is 924. The van der Waals surface area contributed by atoms with E-state index in [0.29, 0.717) is 11.3 Å². The van der Waals surface area contributed by atoms with Crippen molar-refractivity contribution in [2.24, 2.45) is 5.73 Å². The van der Waals surface area contributed by atoms with Crippen LogP contribution >= 0.6 is 11.3 Å². The summed E-state index contributed by atoms with van der Waals surface area (Å²) in [7, 11) is 0. The number of aryl methyl sites for hydroxylation is 2. The van der Waals surface area contributed by atoms with Gasteiger partial charge in [-0.05, 0) is 68.9 Å². The highest BCUT2D eigenvalue weighted by atomic mass is 32.1. The van der Waals surface area contributed by atoms with E-state index in [9.17, 15) is 9.90 Å². The van der Waals surface area contributed by atoms with Gasteiger partial charge in [0.2, 0.25) is 0 Å². The molecule has 1 atom stereocenters.